The first-order valence-electron chi connectivity index (χ1n) is 7.05. The number of rotatable bonds is 5. The van der Waals surface area contributed by atoms with E-state index in [1.165, 1.54) is 0 Å². The molecule has 0 saturated heterocycles. The zero-order valence-corrected chi connectivity index (χ0v) is 14.1. The largest absolute Gasteiger partial charge is 0.321 e. The predicted molar refractivity (Wildman–Crippen MR) is 86.3 cm³/mol. The van der Waals surface area contributed by atoms with Gasteiger partial charge in [-0.25, -0.2) is 0 Å². The molecule has 0 heterocycles. The van der Waals surface area contributed by atoms with Crippen LogP contribution in [0.3, 0.4) is 0 Å². The smallest absolute Gasteiger partial charge is 0.282 e. The molecule has 1 amide bonds. The highest BCUT2D eigenvalue weighted by Crippen LogP contribution is 2.25. The first-order valence-corrected chi connectivity index (χ1v) is 7.43. The van der Waals surface area contributed by atoms with Gasteiger partial charge in [0, 0.05) is 17.1 Å². The van der Waals surface area contributed by atoms with Gasteiger partial charge in [0.1, 0.15) is 0 Å². The van der Waals surface area contributed by atoms with Crippen molar-refractivity contribution in [1.82, 2.24) is 0 Å². The number of halogens is 1. The highest BCUT2D eigenvalue weighted by atomic mass is 35.5. The van der Waals surface area contributed by atoms with Crippen LogP contribution in [0.2, 0.25) is 5.02 Å². The summed E-state index contributed by atoms with van der Waals surface area (Å²) in [6.07, 6.45) is 1.87. The van der Waals surface area contributed by atoms with Crippen molar-refractivity contribution in [2.75, 3.05) is 26.5 Å². The van der Waals surface area contributed by atoms with E-state index in [1.807, 2.05) is 26.0 Å². The first-order chi connectivity index (χ1) is 9.16. The van der Waals surface area contributed by atoms with E-state index < -0.39 is 0 Å². The Bertz CT molecular complexity index is 469. The zero-order valence-electron chi connectivity index (χ0n) is 13.4. The van der Waals surface area contributed by atoms with E-state index >= 15 is 0 Å². The van der Waals surface area contributed by atoms with E-state index in [0.717, 1.165) is 29.7 Å². The number of aryl methyl sites for hydroxylation is 2. The van der Waals surface area contributed by atoms with E-state index in [9.17, 15) is 4.79 Å². The van der Waals surface area contributed by atoms with Crippen molar-refractivity contribution in [3.05, 3.63) is 28.3 Å². The molecule has 1 N–H and O–H groups in total. The lowest BCUT2D eigenvalue weighted by atomic mass is 10.1. The van der Waals surface area contributed by atoms with E-state index in [0.29, 0.717) is 9.51 Å². The summed E-state index contributed by atoms with van der Waals surface area (Å²) in [6.45, 7) is 6.04. The van der Waals surface area contributed by atoms with Crippen LogP contribution in [0, 0.1) is 13.8 Å². The van der Waals surface area contributed by atoms with Gasteiger partial charge in [0.2, 0.25) is 0 Å². The second kappa shape index (κ2) is 6.59. The lowest BCUT2D eigenvalue weighted by Gasteiger charge is -2.33. The monoisotopic (exact) mass is 297 g/mol. The number of quaternary nitrogens is 1. The molecule has 0 aliphatic rings. The van der Waals surface area contributed by atoms with Gasteiger partial charge < -0.3 is 9.80 Å². The Morgan fingerprint density at radius 2 is 1.75 bits per heavy atom. The summed E-state index contributed by atoms with van der Waals surface area (Å²) >= 11 is 6.03. The van der Waals surface area contributed by atoms with Gasteiger partial charge in [0.25, 0.3) is 5.91 Å². The molecule has 0 spiro atoms. The minimum Gasteiger partial charge on any atom is -0.321 e. The fraction of sp³-hybridized carbons (Fsp3) is 0.562. The maximum Gasteiger partial charge on any atom is 0.282 e. The summed E-state index contributed by atoms with van der Waals surface area (Å²) in [6, 6.07) is 3.71. The van der Waals surface area contributed by atoms with Gasteiger partial charge in [0.15, 0.2) is 6.04 Å². The van der Waals surface area contributed by atoms with Crippen molar-refractivity contribution in [2.24, 2.45) is 0 Å². The predicted octanol–water partition coefficient (Wildman–Crippen LogP) is 3.77. The zero-order chi connectivity index (χ0) is 15.5. The Morgan fingerprint density at radius 3 is 2.15 bits per heavy atom. The number of nitrogens with one attached hydrogen (secondary N) is 1. The van der Waals surface area contributed by atoms with Crippen LogP contribution >= 0.6 is 11.6 Å². The van der Waals surface area contributed by atoms with Gasteiger partial charge >= 0.3 is 0 Å². The van der Waals surface area contributed by atoms with Crippen molar-refractivity contribution in [3.63, 3.8) is 0 Å². The fourth-order valence-electron chi connectivity index (χ4n) is 2.46. The number of amides is 1. The molecule has 1 atom stereocenters. The molecule has 0 saturated carbocycles. The molecule has 1 unspecified atom stereocenters. The fourth-order valence-corrected chi connectivity index (χ4v) is 2.79. The van der Waals surface area contributed by atoms with E-state index in [2.05, 4.69) is 33.4 Å². The second-order valence-electron chi connectivity index (χ2n) is 6.32. The molecule has 1 aromatic carbocycles. The van der Waals surface area contributed by atoms with Gasteiger partial charge in [0.05, 0.1) is 21.1 Å². The highest BCUT2D eigenvalue weighted by Gasteiger charge is 2.31. The van der Waals surface area contributed by atoms with Gasteiger partial charge in [-0.15, -0.1) is 0 Å². The summed E-state index contributed by atoms with van der Waals surface area (Å²) in [5, 5.41) is 3.79. The number of hydrogen-bond acceptors (Lipinski definition) is 1. The van der Waals surface area contributed by atoms with Crippen LogP contribution in [0.15, 0.2) is 12.1 Å². The Labute approximate surface area is 127 Å². The van der Waals surface area contributed by atoms with Crippen LogP contribution in [0.5, 0.6) is 0 Å². The number of hydrogen-bond donors (Lipinski definition) is 1. The lowest BCUT2D eigenvalue weighted by Crippen LogP contribution is -2.51. The molecule has 1 rings (SSSR count). The van der Waals surface area contributed by atoms with Crippen LogP contribution in [0.4, 0.5) is 5.69 Å². The number of benzene rings is 1. The molecular formula is C16H26ClN2O+. The maximum atomic E-state index is 12.6. The third-order valence-electron chi connectivity index (χ3n) is 3.55. The molecule has 0 bridgehead atoms. The van der Waals surface area contributed by atoms with Gasteiger partial charge in [-0.2, -0.15) is 0 Å². The minimum absolute atomic E-state index is 0.0468. The normalized spacial score (nSPS) is 13.2. The van der Waals surface area contributed by atoms with Gasteiger partial charge in [-0.3, -0.25) is 4.79 Å². The molecule has 20 heavy (non-hydrogen) atoms. The lowest BCUT2D eigenvalue weighted by molar-refractivity contribution is -0.886. The van der Waals surface area contributed by atoms with Crippen LogP contribution in [0.1, 0.15) is 30.9 Å². The van der Waals surface area contributed by atoms with Crippen LogP contribution in [-0.2, 0) is 4.79 Å². The first kappa shape index (κ1) is 17.0. The van der Waals surface area contributed by atoms with Gasteiger partial charge in [-0.05, 0) is 43.5 Å². The number of carbonyl (C=O) groups excluding carboxylic acids is 1. The summed E-state index contributed by atoms with van der Waals surface area (Å²) in [7, 11) is 6.17. The summed E-state index contributed by atoms with van der Waals surface area (Å²) in [5.74, 6) is 0.0767. The highest BCUT2D eigenvalue weighted by molar-refractivity contribution is 6.30. The Kier molecular flexibility index (Phi) is 5.60. The average molecular weight is 298 g/mol. The number of likely N-dealkylation sites (N-methyl/N-ethyl adjacent to an activating group) is 1. The van der Waals surface area contributed by atoms with Crippen molar-refractivity contribution in [1.29, 1.82) is 0 Å². The number of carbonyl (C=O) groups is 1. The van der Waals surface area contributed by atoms with Gasteiger partial charge in [-0.1, -0.05) is 18.5 Å². The van der Waals surface area contributed by atoms with Crippen molar-refractivity contribution in [2.45, 2.75) is 39.7 Å². The molecular weight excluding hydrogens is 272 g/mol. The Balaban J connectivity index is 3.00. The molecule has 1 aromatic rings. The average Bonchev–Trinajstić information content (AvgIpc) is 2.28. The molecule has 3 nitrogen and oxygen atoms in total. The molecule has 4 heteroatoms. The third-order valence-corrected chi connectivity index (χ3v) is 3.76. The summed E-state index contributed by atoms with van der Waals surface area (Å²) < 4.78 is 0.630. The summed E-state index contributed by atoms with van der Waals surface area (Å²) in [5.41, 5.74) is 2.88. The Morgan fingerprint density at radius 1 is 1.25 bits per heavy atom. The quantitative estimate of drug-likeness (QED) is 0.824. The third kappa shape index (κ3) is 4.22. The van der Waals surface area contributed by atoms with Crippen LogP contribution < -0.4 is 5.32 Å². The van der Waals surface area contributed by atoms with Crippen molar-refractivity contribution >= 4 is 23.2 Å². The van der Waals surface area contributed by atoms with E-state index in [1.54, 1.807) is 0 Å². The topological polar surface area (TPSA) is 29.1 Å². The van der Waals surface area contributed by atoms with Crippen molar-refractivity contribution < 1.29 is 9.28 Å². The van der Waals surface area contributed by atoms with E-state index in [-0.39, 0.29) is 11.9 Å². The molecule has 0 aliphatic heterocycles. The number of nitrogens with zero attached hydrogens (tertiary/aromatic N) is 1. The number of anilines is 1. The molecule has 0 aromatic heterocycles. The van der Waals surface area contributed by atoms with Crippen LogP contribution in [0.25, 0.3) is 0 Å². The second-order valence-corrected chi connectivity index (χ2v) is 6.76. The standard InChI is InChI=1S/C16H25ClN2O/c1-7-8-14(19(4,5)6)16(20)18-15-11(2)9-13(17)10-12(15)3/h9-10,14H,7-8H2,1-6H3/p+1. The summed E-state index contributed by atoms with van der Waals surface area (Å²) in [4.78, 5) is 12.6. The van der Waals surface area contributed by atoms with Crippen LogP contribution in [-0.4, -0.2) is 37.6 Å². The minimum atomic E-state index is -0.0468. The molecule has 0 radical (unpaired) electrons. The molecule has 0 fully saturated rings. The Hall–Kier alpha value is -1.06. The molecule has 112 valence electrons. The van der Waals surface area contributed by atoms with Crippen molar-refractivity contribution in [3.8, 4) is 0 Å². The van der Waals surface area contributed by atoms with E-state index in [4.69, 9.17) is 11.6 Å². The molecule has 0 aliphatic carbocycles. The maximum absolute atomic E-state index is 12.6. The SMILES string of the molecule is CCCC(C(=O)Nc1c(C)cc(Cl)cc1C)[N+](C)(C)C.